The van der Waals surface area contributed by atoms with Crippen LogP contribution in [0.15, 0.2) is 24.3 Å². The average molecular weight is 249 g/mol. The SMILES string of the molecule is CCCc1ccc(OC(C)CC(C)NCC)cc1. The molecule has 1 aromatic carbocycles. The Bertz CT molecular complexity index is 320. The third kappa shape index (κ3) is 5.54. The van der Waals surface area contributed by atoms with Crippen molar-refractivity contribution in [2.45, 2.75) is 59.1 Å². The zero-order valence-corrected chi connectivity index (χ0v) is 12.2. The number of hydrogen-bond donors (Lipinski definition) is 1. The molecular formula is C16H27NO. The Kier molecular flexibility index (Phi) is 6.81. The second-order valence-electron chi connectivity index (χ2n) is 5.02. The van der Waals surface area contributed by atoms with Crippen LogP contribution in [0.25, 0.3) is 0 Å². The number of aryl methyl sites for hydroxylation is 1. The zero-order chi connectivity index (χ0) is 13.4. The van der Waals surface area contributed by atoms with E-state index >= 15 is 0 Å². The van der Waals surface area contributed by atoms with Gasteiger partial charge in [0.05, 0.1) is 6.10 Å². The highest BCUT2D eigenvalue weighted by atomic mass is 16.5. The fraction of sp³-hybridized carbons (Fsp3) is 0.625. The number of nitrogens with one attached hydrogen (secondary N) is 1. The smallest absolute Gasteiger partial charge is 0.119 e. The van der Waals surface area contributed by atoms with Crippen molar-refractivity contribution >= 4 is 0 Å². The molecule has 0 bridgehead atoms. The van der Waals surface area contributed by atoms with Gasteiger partial charge in [0.1, 0.15) is 5.75 Å². The van der Waals surface area contributed by atoms with E-state index in [0.717, 1.165) is 25.1 Å². The Morgan fingerprint density at radius 1 is 1.11 bits per heavy atom. The van der Waals surface area contributed by atoms with Crippen molar-refractivity contribution in [1.29, 1.82) is 0 Å². The first-order valence-electron chi connectivity index (χ1n) is 7.14. The molecule has 0 amide bonds. The largest absolute Gasteiger partial charge is 0.491 e. The third-order valence-electron chi connectivity index (χ3n) is 3.04. The summed E-state index contributed by atoms with van der Waals surface area (Å²) in [6, 6.07) is 9.00. The fourth-order valence-corrected chi connectivity index (χ4v) is 2.23. The Morgan fingerprint density at radius 3 is 2.33 bits per heavy atom. The monoisotopic (exact) mass is 249 g/mol. The van der Waals surface area contributed by atoms with E-state index in [2.05, 4.69) is 57.3 Å². The van der Waals surface area contributed by atoms with Crippen molar-refractivity contribution in [2.24, 2.45) is 0 Å². The van der Waals surface area contributed by atoms with Crippen molar-refractivity contribution in [3.05, 3.63) is 29.8 Å². The first-order chi connectivity index (χ1) is 8.65. The summed E-state index contributed by atoms with van der Waals surface area (Å²) in [6.45, 7) is 9.68. The van der Waals surface area contributed by atoms with Gasteiger partial charge in [0.25, 0.3) is 0 Å². The zero-order valence-electron chi connectivity index (χ0n) is 12.2. The van der Waals surface area contributed by atoms with Crippen LogP contribution in [0.2, 0.25) is 0 Å². The molecule has 0 aliphatic carbocycles. The minimum Gasteiger partial charge on any atom is -0.491 e. The van der Waals surface area contributed by atoms with E-state index in [1.54, 1.807) is 0 Å². The van der Waals surface area contributed by atoms with Crippen LogP contribution in [0, 0.1) is 0 Å². The fourth-order valence-electron chi connectivity index (χ4n) is 2.23. The number of hydrogen-bond acceptors (Lipinski definition) is 2. The number of benzene rings is 1. The molecular weight excluding hydrogens is 222 g/mol. The molecule has 0 spiro atoms. The highest BCUT2D eigenvalue weighted by Crippen LogP contribution is 2.16. The number of rotatable bonds is 8. The van der Waals surface area contributed by atoms with Crippen LogP contribution in [-0.2, 0) is 6.42 Å². The standard InChI is InChI=1S/C16H27NO/c1-5-7-15-8-10-16(11-9-15)18-14(4)12-13(3)17-6-2/h8-11,13-14,17H,5-7,12H2,1-4H3. The third-order valence-corrected chi connectivity index (χ3v) is 3.04. The molecule has 0 saturated heterocycles. The van der Waals surface area contributed by atoms with Gasteiger partial charge >= 0.3 is 0 Å². The minimum absolute atomic E-state index is 0.246. The van der Waals surface area contributed by atoms with Crippen LogP contribution in [-0.4, -0.2) is 18.7 Å². The maximum Gasteiger partial charge on any atom is 0.119 e. The number of ether oxygens (including phenoxy) is 1. The molecule has 2 unspecified atom stereocenters. The summed E-state index contributed by atoms with van der Waals surface area (Å²) < 4.78 is 5.92. The van der Waals surface area contributed by atoms with Gasteiger partial charge < -0.3 is 10.1 Å². The van der Waals surface area contributed by atoms with E-state index < -0.39 is 0 Å². The van der Waals surface area contributed by atoms with E-state index in [4.69, 9.17) is 4.74 Å². The van der Waals surface area contributed by atoms with E-state index in [9.17, 15) is 0 Å². The van der Waals surface area contributed by atoms with Gasteiger partial charge in [0.15, 0.2) is 0 Å². The Hall–Kier alpha value is -1.02. The van der Waals surface area contributed by atoms with E-state index in [1.165, 1.54) is 12.0 Å². The van der Waals surface area contributed by atoms with Crippen molar-refractivity contribution < 1.29 is 4.74 Å². The van der Waals surface area contributed by atoms with Gasteiger partial charge in [-0.3, -0.25) is 0 Å². The maximum atomic E-state index is 5.92. The first-order valence-corrected chi connectivity index (χ1v) is 7.14. The van der Waals surface area contributed by atoms with Crippen molar-refractivity contribution in [3.8, 4) is 5.75 Å². The highest BCUT2D eigenvalue weighted by molar-refractivity contribution is 5.27. The Balaban J connectivity index is 2.41. The molecule has 1 aromatic rings. The molecule has 1 N–H and O–H groups in total. The first kappa shape index (κ1) is 15.0. The molecule has 2 atom stereocenters. The second-order valence-corrected chi connectivity index (χ2v) is 5.02. The van der Waals surface area contributed by atoms with Crippen molar-refractivity contribution in [2.75, 3.05) is 6.54 Å². The Labute approximate surface area is 112 Å². The lowest BCUT2D eigenvalue weighted by Gasteiger charge is -2.19. The molecule has 0 aliphatic heterocycles. The molecule has 2 heteroatoms. The van der Waals surface area contributed by atoms with Gasteiger partial charge in [-0.15, -0.1) is 0 Å². The Morgan fingerprint density at radius 2 is 1.78 bits per heavy atom. The summed E-state index contributed by atoms with van der Waals surface area (Å²) >= 11 is 0. The molecule has 2 nitrogen and oxygen atoms in total. The van der Waals surface area contributed by atoms with Crippen molar-refractivity contribution in [3.63, 3.8) is 0 Å². The maximum absolute atomic E-state index is 5.92. The summed E-state index contributed by atoms with van der Waals surface area (Å²) in [5.41, 5.74) is 1.39. The van der Waals surface area contributed by atoms with Gasteiger partial charge in [-0.25, -0.2) is 0 Å². The van der Waals surface area contributed by atoms with Crippen LogP contribution >= 0.6 is 0 Å². The van der Waals surface area contributed by atoms with Gasteiger partial charge in [0.2, 0.25) is 0 Å². The quantitative estimate of drug-likeness (QED) is 0.756. The summed E-state index contributed by atoms with van der Waals surface area (Å²) in [6.07, 6.45) is 3.62. The molecule has 0 fully saturated rings. The lowest BCUT2D eigenvalue weighted by molar-refractivity contribution is 0.196. The van der Waals surface area contributed by atoms with Crippen LogP contribution in [0.3, 0.4) is 0 Å². The second kappa shape index (κ2) is 8.15. The van der Waals surface area contributed by atoms with Gasteiger partial charge in [-0.2, -0.15) is 0 Å². The highest BCUT2D eigenvalue weighted by Gasteiger charge is 2.09. The molecule has 0 aliphatic rings. The van der Waals surface area contributed by atoms with E-state index in [0.29, 0.717) is 6.04 Å². The molecule has 0 aromatic heterocycles. The molecule has 0 radical (unpaired) electrons. The summed E-state index contributed by atoms with van der Waals surface area (Å²) in [7, 11) is 0. The van der Waals surface area contributed by atoms with Crippen LogP contribution in [0.1, 0.15) is 46.1 Å². The molecule has 0 heterocycles. The normalized spacial score (nSPS) is 14.2. The molecule has 18 heavy (non-hydrogen) atoms. The average Bonchev–Trinajstić information content (AvgIpc) is 2.32. The van der Waals surface area contributed by atoms with Crippen LogP contribution < -0.4 is 10.1 Å². The topological polar surface area (TPSA) is 21.3 Å². The van der Waals surface area contributed by atoms with E-state index in [-0.39, 0.29) is 6.10 Å². The van der Waals surface area contributed by atoms with Crippen LogP contribution in [0.4, 0.5) is 0 Å². The lowest BCUT2D eigenvalue weighted by atomic mass is 10.1. The summed E-state index contributed by atoms with van der Waals surface area (Å²) in [4.78, 5) is 0. The molecule has 0 saturated carbocycles. The van der Waals surface area contributed by atoms with E-state index in [1.807, 2.05) is 0 Å². The summed E-state index contributed by atoms with van der Waals surface area (Å²) in [5.74, 6) is 0.978. The van der Waals surface area contributed by atoms with Gasteiger partial charge in [-0.1, -0.05) is 32.4 Å². The minimum atomic E-state index is 0.246. The lowest BCUT2D eigenvalue weighted by Crippen LogP contribution is -2.30. The van der Waals surface area contributed by atoms with Gasteiger partial charge in [-0.05, 0) is 50.9 Å². The van der Waals surface area contributed by atoms with Crippen molar-refractivity contribution in [1.82, 2.24) is 5.32 Å². The molecule has 102 valence electrons. The van der Waals surface area contributed by atoms with Gasteiger partial charge in [0, 0.05) is 6.04 Å². The van der Waals surface area contributed by atoms with Crippen LogP contribution in [0.5, 0.6) is 5.75 Å². The molecule has 1 rings (SSSR count). The predicted molar refractivity (Wildman–Crippen MR) is 78.3 cm³/mol. The summed E-state index contributed by atoms with van der Waals surface area (Å²) in [5, 5.41) is 3.41. The predicted octanol–water partition coefficient (Wildman–Crippen LogP) is 3.79.